The average Bonchev–Trinajstić information content (AvgIpc) is 3.08. The summed E-state index contributed by atoms with van der Waals surface area (Å²) in [6.45, 7) is 0. The van der Waals surface area contributed by atoms with E-state index >= 15 is 0 Å². The van der Waals surface area contributed by atoms with Gasteiger partial charge in [0.15, 0.2) is 5.13 Å². The topological polar surface area (TPSA) is 65.2 Å². The lowest BCUT2D eigenvalue weighted by Gasteiger charge is -2.07. The fourth-order valence-corrected chi connectivity index (χ4v) is 3.25. The molecule has 4 nitrogen and oxygen atoms in total. The first-order valence-electron chi connectivity index (χ1n) is 7.72. The van der Waals surface area contributed by atoms with Gasteiger partial charge in [0.2, 0.25) is 0 Å². The predicted octanol–water partition coefficient (Wildman–Crippen LogP) is 4.76. The maximum Gasteiger partial charge on any atom is 0.344 e. The number of hydrogen-bond donors (Lipinski definition) is 1. The quantitative estimate of drug-likeness (QED) is 0.429. The van der Waals surface area contributed by atoms with Crippen molar-refractivity contribution in [3.63, 3.8) is 0 Å². The van der Waals surface area contributed by atoms with Crippen molar-refractivity contribution < 1.29 is 9.53 Å². The van der Waals surface area contributed by atoms with Crippen LogP contribution in [0, 0.1) is 0 Å². The molecule has 4 rings (SSSR count). The number of anilines is 1. The van der Waals surface area contributed by atoms with Crippen LogP contribution in [0.2, 0.25) is 0 Å². The molecule has 0 fully saturated rings. The highest BCUT2D eigenvalue weighted by molar-refractivity contribution is 7.13. The lowest BCUT2D eigenvalue weighted by molar-refractivity contribution is 0.0737. The molecule has 0 spiro atoms. The molecule has 0 radical (unpaired) electrons. The highest BCUT2D eigenvalue weighted by atomic mass is 32.1. The summed E-state index contributed by atoms with van der Waals surface area (Å²) in [5, 5.41) is 4.31. The minimum absolute atomic E-state index is 0.373. The van der Waals surface area contributed by atoms with Gasteiger partial charge in [-0.2, -0.15) is 0 Å². The number of carbonyl (C=O) groups is 1. The van der Waals surface area contributed by atoms with Gasteiger partial charge in [-0.3, -0.25) is 0 Å². The standard InChI is InChI=1S/C20H14N2O2S/c21-20-22-18(12-25-20)14-8-10-15(11-9-14)24-19(23)17-7-3-5-13-4-1-2-6-16(13)17/h1-12H,(H2,21,22). The van der Waals surface area contributed by atoms with Gasteiger partial charge < -0.3 is 10.5 Å². The number of rotatable bonds is 3. The van der Waals surface area contributed by atoms with Crippen molar-refractivity contribution in [2.45, 2.75) is 0 Å². The first-order valence-corrected chi connectivity index (χ1v) is 8.60. The third-order valence-electron chi connectivity index (χ3n) is 3.89. The Labute approximate surface area is 148 Å². The molecule has 0 saturated carbocycles. The molecule has 0 unspecified atom stereocenters. The second-order valence-electron chi connectivity index (χ2n) is 5.51. The summed E-state index contributed by atoms with van der Waals surface area (Å²) in [6, 6.07) is 20.6. The molecule has 0 aliphatic rings. The molecule has 0 atom stereocenters. The molecule has 0 saturated heterocycles. The van der Waals surface area contributed by atoms with E-state index in [2.05, 4.69) is 4.98 Å². The number of esters is 1. The van der Waals surface area contributed by atoms with Gasteiger partial charge in [0, 0.05) is 10.9 Å². The Morgan fingerprint density at radius 1 is 0.960 bits per heavy atom. The van der Waals surface area contributed by atoms with Crippen molar-refractivity contribution in [3.8, 4) is 17.0 Å². The number of nitrogen functional groups attached to an aromatic ring is 1. The Bertz CT molecular complexity index is 1050. The predicted molar refractivity (Wildman–Crippen MR) is 101 cm³/mol. The number of thiazole rings is 1. The van der Waals surface area contributed by atoms with Crippen LogP contribution in [0.25, 0.3) is 22.0 Å². The number of ether oxygens (including phenoxy) is 1. The van der Waals surface area contributed by atoms with E-state index in [1.54, 1.807) is 18.2 Å². The first-order chi connectivity index (χ1) is 12.2. The van der Waals surface area contributed by atoms with Gasteiger partial charge >= 0.3 is 5.97 Å². The van der Waals surface area contributed by atoms with Gasteiger partial charge in [0.25, 0.3) is 0 Å². The summed E-state index contributed by atoms with van der Waals surface area (Å²) < 4.78 is 5.52. The van der Waals surface area contributed by atoms with E-state index in [0.29, 0.717) is 16.4 Å². The molecule has 0 amide bonds. The molecule has 4 aromatic rings. The highest BCUT2D eigenvalue weighted by Crippen LogP contribution is 2.26. The summed E-state index contributed by atoms with van der Waals surface area (Å²) in [4.78, 5) is 16.8. The van der Waals surface area contributed by atoms with Crippen molar-refractivity contribution in [1.82, 2.24) is 4.98 Å². The maximum atomic E-state index is 12.5. The molecule has 1 heterocycles. The molecule has 1 aromatic heterocycles. The van der Waals surface area contributed by atoms with E-state index in [9.17, 15) is 4.79 Å². The zero-order chi connectivity index (χ0) is 17.2. The summed E-state index contributed by atoms with van der Waals surface area (Å²) >= 11 is 1.39. The number of aromatic nitrogens is 1. The van der Waals surface area contributed by atoms with Gasteiger partial charge in [0.05, 0.1) is 11.3 Å². The summed E-state index contributed by atoms with van der Waals surface area (Å²) in [5.41, 5.74) is 7.95. The van der Waals surface area contributed by atoms with Crippen LogP contribution in [0.15, 0.2) is 72.1 Å². The van der Waals surface area contributed by atoms with Crippen LogP contribution in [-0.2, 0) is 0 Å². The van der Waals surface area contributed by atoms with Crippen LogP contribution in [-0.4, -0.2) is 11.0 Å². The Kier molecular flexibility index (Phi) is 3.91. The summed E-state index contributed by atoms with van der Waals surface area (Å²) in [6.07, 6.45) is 0. The zero-order valence-corrected chi connectivity index (χ0v) is 14.0. The molecule has 0 aliphatic heterocycles. The summed E-state index contributed by atoms with van der Waals surface area (Å²) in [5.74, 6) is 0.118. The van der Waals surface area contributed by atoms with Crippen LogP contribution >= 0.6 is 11.3 Å². The minimum atomic E-state index is -0.373. The lowest BCUT2D eigenvalue weighted by atomic mass is 10.0. The van der Waals surface area contributed by atoms with Gasteiger partial charge in [-0.25, -0.2) is 9.78 Å². The van der Waals surface area contributed by atoms with E-state index in [0.717, 1.165) is 22.0 Å². The Hall–Kier alpha value is -3.18. The van der Waals surface area contributed by atoms with E-state index < -0.39 is 0 Å². The van der Waals surface area contributed by atoms with E-state index in [-0.39, 0.29) is 5.97 Å². The largest absolute Gasteiger partial charge is 0.423 e. The SMILES string of the molecule is Nc1nc(-c2ccc(OC(=O)c3cccc4ccccc34)cc2)cs1. The molecule has 3 aromatic carbocycles. The number of benzene rings is 3. The van der Waals surface area contributed by atoms with Gasteiger partial charge in [0.1, 0.15) is 5.75 Å². The fourth-order valence-electron chi connectivity index (χ4n) is 2.68. The number of nitrogens with zero attached hydrogens (tertiary/aromatic N) is 1. The highest BCUT2D eigenvalue weighted by Gasteiger charge is 2.12. The lowest BCUT2D eigenvalue weighted by Crippen LogP contribution is -2.08. The smallest absolute Gasteiger partial charge is 0.344 e. The normalized spacial score (nSPS) is 10.7. The Morgan fingerprint density at radius 2 is 1.72 bits per heavy atom. The third-order valence-corrected chi connectivity index (χ3v) is 4.57. The van der Waals surface area contributed by atoms with Crippen molar-refractivity contribution in [1.29, 1.82) is 0 Å². The van der Waals surface area contributed by atoms with E-state index in [1.165, 1.54) is 11.3 Å². The van der Waals surface area contributed by atoms with Crippen LogP contribution in [0.5, 0.6) is 5.75 Å². The minimum Gasteiger partial charge on any atom is -0.423 e. The van der Waals surface area contributed by atoms with E-state index in [4.69, 9.17) is 10.5 Å². The van der Waals surface area contributed by atoms with Crippen molar-refractivity contribution in [2.24, 2.45) is 0 Å². The van der Waals surface area contributed by atoms with Gasteiger partial charge in [-0.15, -0.1) is 11.3 Å². The first kappa shape index (κ1) is 15.4. The third kappa shape index (κ3) is 3.09. The van der Waals surface area contributed by atoms with Crippen molar-refractivity contribution >= 4 is 33.2 Å². The molecule has 5 heteroatoms. The van der Waals surface area contributed by atoms with Crippen molar-refractivity contribution in [2.75, 3.05) is 5.73 Å². The monoisotopic (exact) mass is 346 g/mol. The van der Waals surface area contributed by atoms with Gasteiger partial charge in [-0.05, 0) is 41.1 Å². The summed E-state index contributed by atoms with van der Waals surface area (Å²) in [7, 11) is 0. The molecule has 0 bridgehead atoms. The molecule has 2 N–H and O–H groups in total. The van der Waals surface area contributed by atoms with E-state index in [1.807, 2.05) is 53.9 Å². The Morgan fingerprint density at radius 3 is 2.48 bits per heavy atom. The number of fused-ring (bicyclic) bond motifs is 1. The molecule has 122 valence electrons. The second-order valence-corrected chi connectivity index (χ2v) is 6.40. The zero-order valence-electron chi connectivity index (χ0n) is 13.2. The molecule has 0 aliphatic carbocycles. The van der Waals surface area contributed by atoms with Crippen LogP contribution in [0.4, 0.5) is 5.13 Å². The van der Waals surface area contributed by atoms with Crippen LogP contribution in [0.3, 0.4) is 0 Å². The van der Waals surface area contributed by atoms with Gasteiger partial charge in [-0.1, -0.05) is 36.4 Å². The molecular weight excluding hydrogens is 332 g/mol. The molecular formula is C20H14N2O2S. The molecule has 25 heavy (non-hydrogen) atoms. The maximum absolute atomic E-state index is 12.5. The van der Waals surface area contributed by atoms with Crippen molar-refractivity contribution in [3.05, 3.63) is 77.7 Å². The number of hydrogen-bond acceptors (Lipinski definition) is 5. The van der Waals surface area contributed by atoms with Crippen LogP contribution < -0.4 is 10.5 Å². The average molecular weight is 346 g/mol. The Balaban J connectivity index is 1.58. The fraction of sp³-hybridized carbons (Fsp3) is 0. The number of nitrogens with two attached hydrogens (primary N) is 1. The van der Waals surface area contributed by atoms with Crippen LogP contribution in [0.1, 0.15) is 10.4 Å². The second kappa shape index (κ2) is 6.37. The number of carbonyl (C=O) groups excluding carboxylic acids is 1.